The third kappa shape index (κ3) is 2.88. The van der Waals surface area contributed by atoms with Crippen molar-refractivity contribution in [1.82, 2.24) is 0 Å². The summed E-state index contributed by atoms with van der Waals surface area (Å²) in [5, 5.41) is 5.70. The van der Waals surface area contributed by atoms with E-state index in [2.05, 4.69) is 86.5 Å². The van der Waals surface area contributed by atoms with E-state index in [-0.39, 0.29) is 0 Å². The quantitative estimate of drug-likeness (QED) is 0.261. The van der Waals surface area contributed by atoms with Crippen LogP contribution in [0.2, 0.25) is 5.02 Å². The van der Waals surface area contributed by atoms with Crippen LogP contribution in [0.4, 0.5) is 0 Å². The number of rotatable bonds is 2. The molecule has 0 spiro atoms. The lowest BCUT2D eigenvalue weighted by Gasteiger charge is -2.14. The van der Waals surface area contributed by atoms with Gasteiger partial charge in [0.25, 0.3) is 0 Å². The average molecular weight is 479 g/mol. The van der Waals surface area contributed by atoms with Gasteiger partial charge in [-0.15, -0.1) is 0 Å². The topological polar surface area (TPSA) is 0 Å². The van der Waals surface area contributed by atoms with E-state index >= 15 is 0 Å². The summed E-state index contributed by atoms with van der Waals surface area (Å²) in [4.78, 5) is 2.22. The Balaban J connectivity index is 2.03. The molecule has 24 heavy (non-hydrogen) atoms. The number of benzene rings is 4. The summed E-state index contributed by atoms with van der Waals surface area (Å²) in [5.74, 6) is 0. The van der Waals surface area contributed by atoms with Gasteiger partial charge in [-0.25, -0.2) is 0 Å². The van der Waals surface area contributed by atoms with Crippen molar-refractivity contribution in [2.75, 3.05) is 0 Å². The molecule has 0 radical (unpaired) electrons. The van der Waals surface area contributed by atoms with E-state index in [4.69, 9.17) is 11.6 Å². The first-order chi connectivity index (χ1) is 11.6. The van der Waals surface area contributed by atoms with Crippen LogP contribution in [-0.2, 0) is 0 Å². The fraction of sp³-hybridized carbons (Fsp3) is 0. The van der Waals surface area contributed by atoms with Crippen molar-refractivity contribution in [2.45, 2.75) is 9.79 Å². The van der Waals surface area contributed by atoms with E-state index in [0.717, 1.165) is 18.9 Å². The molecule has 0 aliphatic rings. The highest BCUT2D eigenvalue weighted by molar-refractivity contribution is 9.11. The molecule has 4 heteroatoms. The summed E-state index contributed by atoms with van der Waals surface area (Å²) in [6, 6.07) is 22.9. The van der Waals surface area contributed by atoms with Gasteiger partial charge < -0.3 is 0 Å². The molecule has 0 aromatic heterocycles. The fourth-order valence-corrected chi connectivity index (χ4v) is 5.44. The summed E-state index contributed by atoms with van der Waals surface area (Å²) < 4.78 is 2.13. The van der Waals surface area contributed by atoms with Crippen LogP contribution in [0.25, 0.3) is 21.5 Å². The molecule has 4 aromatic carbocycles. The second-order valence-electron chi connectivity index (χ2n) is 5.41. The van der Waals surface area contributed by atoms with Gasteiger partial charge in [0.1, 0.15) is 0 Å². The van der Waals surface area contributed by atoms with Crippen molar-refractivity contribution in [3.05, 3.63) is 80.7 Å². The van der Waals surface area contributed by atoms with E-state index in [9.17, 15) is 0 Å². The molecule has 0 aliphatic heterocycles. The van der Waals surface area contributed by atoms with Crippen molar-refractivity contribution in [2.24, 2.45) is 0 Å². The van der Waals surface area contributed by atoms with Crippen LogP contribution in [-0.4, -0.2) is 0 Å². The highest BCUT2D eigenvalue weighted by Gasteiger charge is 2.14. The molecule has 118 valence electrons. The zero-order valence-corrected chi connectivity index (χ0v) is 17.1. The van der Waals surface area contributed by atoms with Gasteiger partial charge in [-0.3, -0.25) is 0 Å². The molecule has 0 nitrogen and oxygen atoms in total. The van der Waals surface area contributed by atoms with Crippen molar-refractivity contribution in [1.29, 1.82) is 0 Å². The molecular formula is C20H11Br2ClS. The molecule has 0 saturated carbocycles. The first-order valence-corrected chi connectivity index (χ1v) is 10.1. The van der Waals surface area contributed by atoms with Crippen molar-refractivity contribution in [3.8, 4) is 0 Å². The lowest BCUT2D eigenvalue weighted by molar-refractivity contribution is 1.41. The van der Waals surface area contributed by atoms with Crippen LogP contribution in [0.3, 0.4) is 0 Å². The summed E-state index contributed by atoms with van der Waals surface area (Å²) in [6.07, 6.45) is 0. The number of fused-ring (bicyclic) bond motifs is 3. The Kier molecular flexibility index (Phi) is 4.61. The molecule has 0 aliphatic carbocycles. The van der Waals surface area contributed by atoms with Crippen molar-refractivity contribution >= 4 is 76.8 Å². The van der Waals surface area contributed by atoms with Gasteiger partial charge in [-0.2, -0.15) is 0 Å². The number of halogens is 3. The maximum Gasteiger partial charge on any atom is 0.0546 e. The molecule has 0 bridgehead atoms. The van der Waals surface area contributed by atoms with Crippen LogP contribution in [0, 0.1) is 0 Å². The summed E-state index contributed by atoms with van der Waals surface area (Å²) in [5.41, 5.74) is 0. The van der Waals surface area contributed by atoms with E-state index in [1.165, 1.54) is 26.4 Å². The molecule has 0 saturated heterocycles. The van der Waals surface area contributed by atoms with Gasteiger partial charge >= 0.3 is 0 Å². The van der Waals surface area contributed by atoms with E-state index < -0.39 is 0 Å². The summed E-state index contributed by atoms with van der Waals surface area (Å²) >= 11 is 15.5. The van der Waals surface area contributed by atoms with Gasteiger partial charge in [0.05, 0.1) is 5.02 Å². The zero-order valence-electron chi connectivity index (χ0n) is 12.4. The Bertz CT molecular complexity index is 1080. The second-order valence-corrected chi connectivity index (χ2v) is 8.58. The van der Waals surface area contributed by atoms with Gasteiger partial charge in [0.2, 0.25) is 0 Å². The van der Waals surface area contributed by atoms with Crippen molar-refractivity contribution in [3.63, 3.8) is 0 Å². The van der Waals surface area contributed by atoms with Crippen molar-refractivity contribution < 1.29 is 0 Å². The highest BCUT2D eigenvalue weighted by Crippen LogP contribution is 2.45. The van der Waals surface area contributed by atoms with Gasteiger partial charge in [-0.1, -0.05) is 87.8 Å². The van der Waals surface area contributed by atoms with E-state index in [0.29, 0.717) is 0 Å². The predicted molar refractivity (Wildman–Crippen MR) is 112 cm³/mol. The van der Waals surface area contributed by atoms with E-state index in [1.54, 1.807) is 11.8 Å². The SMILES string of the molecule is Clc1ccc(Br)cc1Sc1c(Br)c2ccccc2c2ccccc12. The summed E-state index contributed by atoms with van der Waals surface area (Å²) in [7, 11) is 0. The molecule has 0 unspecified atom stereocenters. The molecule has 0 amide bonds. The molecule has 4 rings (SSSR count). The fourth-order valence-electron chi connectivity index (χ4n) is 2.83. The van der Waals surface area contributed by atoms with Crippen LogP contribution in [0.5, 0.6) is 0 Å². The largest absolute Gasteiger partial charge is 0.0866 e. The first-order valence-electron chi connectivity index (χ1n) is 7.37. The molecular weight excluding hydrogens is 468 g/mol. The zero-order chi connectivity index (χ0) is 16.7. The Hall–Kier alpha value is -1.00. The third-order valence-electron chi connectivity index (χ3n) is 3.93. The van der Waals surface area contributed by atoms with Gasteiger partial charge in [0.15, 0.2) is 0 Å². The molecule has 0 atom stereocenters. The molecule has 0 fully saturated rings. The summed E-state index contributed by atoms with van der Waals surface area (Å²) in [6.45, 7) is 0. The maximum atomic E-state index is 6.41. The van der Waals surface area contributed by atoms with Crippen LogP contribution in [0.1, 0.15) is 0 Å². The minimum atomic E-state index is 0.757. The Morgan fingerprint density at radius 3 is 2.00 bits per heavy atom. The third-order valence-corrected chi connectivity index (χ3v) is 7.14. The van der Waals surface area contributed by atoms with Gasteiger partial charge in [0, 0.05) is 18.7 Å². The Labute approximate surface area is 166 Å². The Morgan fingerprint density at radius 1 is 0.708 bits per heavy atom. The lowest BCUT2D eigenvalue weighted by Crippen LogP contribution is -1.86. The number of hydrogen-bond acceptors (Lipinski definition) is 1. The first kappa shape index (κ1) is 16.5. The van der Waals surface area contributed by atoms with Crippen LogP contribution < -0.4 is 0 Å². The van der Waals surface area contributed by atoms with Crippen LogP contribution in [0.15, 0.2) is 85.5 Å². The second kappa shape index (κ2) is 6.72. The predicted octanol–water partition coefficient (Wildman–Crippen LogP) is 8.32. The minimum Gasteiger partial charge on any atom is -0.0866 e. The molecule has 0 heterocycles. The maximum absolute atomic E-state index is 6.41. The number of hydrogen-bond donors (Lipinski definition) is 0. The minimum absolute atomic E-state index is 0.757. The monoisotopic (exact) mass is 476 g/mol. The van der Waals surface area contributed by atoms with Crippen LogP contribution >= 0.6 is 55.2 Å². The lowest BCUT2D eigenvalue weighted by atomic mass is 10.0. The average Bonchev–Trinajstić information content (AvgIpc) is 2.61. The smallest absolute Gasteiger partial charge is 0.0546 e. The molecule has 4 aromatic rings. The van der Waals surface area contributed by atoms with Gasteiger partial charge in [-0.05, 0) is 55.7 Å². The van der Waals surface area contributed by atoms with E-state index in [1.807, 2.05) is 12.1 Å². The normalized spacial score (nSPS) is 11.3. The Morgan fingerprint density at radius 2 is 1.29 bits per heavy atom. The standard InChI is InChI=1S/C20H11Br2ClS/c21-12-9-10-17(23)18(11-12)24-20-16-8-4-2-6-14(16)13-5-1-3-7-15(13)19(20)22/h1-11H. The highest BCUT2D eigenvalue weighted by atomic mass is 79.9. The molecule has 0 N–H and O–H groups in total.